The Bertz CT molecular complexity index is 594. The van der Waals surface area contributed by atoms with Crippen LogP contribution in [-0.4, -0.2) is 34.8 Å². The van der Waals surface area contributed by atoms with Crippen LogP contribution in [0.25, 0.3) is 0 Å². The van der Waals surface area contributed by atoms with Crippen LogP contribution in [0.3, 0.4) is 0 Å². The van der Waals surface area contributed by atoms with E-state index in [1.54, 1.807) is 0 Å². The lowest BCUT2D eigenvalue weighted by atomic mass is 10.4. The zero-order valence-corrected chi connectivity index (χ0v) is 13.2. The van der Waals surface area contributed by atoms with Crippen LogP contribution in [0.5, 0.6) is 0 Å². The average Bonchev–Trinajstić information content (AvgIpc) is 2.49. The highest BCUT2D eigenvalue weighted by Gasteiger charge is 2.14. The van der Waals surface area contributed by atoms with Crippen LogP contribution >= 0.6 is 23.4 Å². The minimum absolute atomic E-state index is 0.0525. The highest BCUT2D eigenvalue weighted by atomic mass is 35.5. The quantitative estimate of drug-likeness (QED) is 0.796. The van der Waals surface area contributed by atoms with Gasteiger partial charge in [0.25, 0.3) is 0 Å². The largest absolute Gasteiger partial charge is 0.395 e. The summed E-state index contributed by atoms with van der Waals surface area (Å²) in [4.78, 5) is 11.4. The average molecular weight is 325 g/mol. The van der Waals surface area contributed by atoms with Gasteiger partial charge in [0.05, 0.1) is 6.61 Å². The molecule has 0 aliphatic carbocycles. The van der Waals surface area contributed by atoms with Crippen molar-refractivity contribution < 1.29 is 5.11 Å². The number of anilines is 2. The molecule has 7 heteroatoms. The van der Waals surface area contributed by atoms with Crippen LogP contribution in [0.4, 0.5) is 11.5 Å². The van der Waals surface area contributed by atoms with Gasteiger partial charge < -0.3 is 15.7 Å². The van der Waals surface area contributed by atoms with E-state index in [0.29, 0.717) is 34.6 Å². The van der Waals surface area contributed by atoms with Gasteiger partial charge in [0, 0.05) is 23.0 Å². The first-order valence-electron chi connectivity index (χ1n) is 6.55. The first-order valence-corrected chi connectivity index (χ1v) is 7.74. The molecule has 0 unspecified atom stereocenters. The Balaban J connectivity index is 2.26. The molecule has 1 heterocycles. The van der Waals surface area contributed by atoms with Crippen molar-refractivity contribution in [3.8, 4) is 0 Å². The lowest BCUT2D eigenvalue weighted by molar-refractivity contribution is 0.302. The second-order valence-electron chi connectivity index (χ2n) is 4.28. The summed E-state index contributed by atoms with van der Waals surface area (Å²) in [7, 11) is 0. The number of aliphatic hydroxyl groups excluding tert-OH is 1. The van der Waals surface area contributed by atoms with Gasteiger partial charge in [0.1, 0.15) is 17.0 Å². The molecule has 0 saturated heterocycles. The number of halogens is 1. The summed E-state index contributed by atoms with van der Waals surface area (Å²) >= 11 is 7.34. The maximum absolute atomic E-state index is 9.11. The molecule has 1 aromatic heterocycles. The molecule has 0 aliphatic heterocycles. The molecule has 0 aliphatic rings. The minimum Gasteiger partial charge on any atom is -0.395 e. The molecular weight excluding hydrogens is 308 g/mol. The van der Waals surface area contributed by atoms with E-state index in [-0.39, 0.29) is 6.61 Å². The number of nitrogens with zero attached hydrogens (tertiary/aromatic N) is 3. The normalized spacial score (nSPS) is 10.6. The van der Waals surface area contributed by atoms with Gasteiger partial charge >= 0.3 is 0 Å². The van der Waals surface area contributed by atoms with Gasteiger partial charge in [-0.2, -0.15) is 0 Å². The van der Waals surface area contributed by atoms with E-state index >= 15 is 0 Å². The molecule has 0 spiro atoms. The predicted octanol–water partition coefficient (Wildman–Crippen LogP) is 2.68. The van der Waals surface area contributed by atoms with Gasteiger partial charge in [-0.25, -0.2) is 9.97 Å². The van der Waals surface area contributed by atoms with Crippen LogP contribution in [0.15, 0.2) is 40.5 Å². The molecule has 2 aromatic rings. The number of aliphatic hydroxyl groups is 1. The number of rotatable bonds is 6. The lowest BCUT2D eigenvalue weighted by Crippen LogP contribution is -2.28. The number of hydrogen-bond donors (Lipinski definition) is 2. The van der Waals surface area contributed by atoms with Crippen molar-refractivity contribution in [2.24, 2.45) is 0 Å². The second kappa shape index (κ2) is 7.49. The van der Waals surface area contributed by atoms with Crippen molar-refractivity contribution in [2.45, 2.75) is 16.8 Å². The van der Waals surface area contributed by atoms with Gasteiger partial charge in [-0.05, 0) is 31.2 Å². The van der Waals surface area contributed by atoms with E-state index < -0.39 is 0 Å². The number of nitrogens with two attached hydrogens (primary N) is 1. The molecule has 0 saturated carbocycles. The molecule has 5 nitrogen and oxygen atoms in total. The van der Waals surface area contributed by atoms with Crippen molar-refractivity contribution in [1.82, 2.24) is 9.97 Å². The molecular formula is C14H17ClN4OS. The molecule has 0 atom stereocenters. The Kier molecular flexibility index (Phi) is 5.67. The summed E-state index contributed by atoms with van der Waals surface area (Å²) in [5.74, 6) is 0.651. The molecule has 1 aromatic carbocycles. The molecule has 0 radical (unpaired) electrons. The lowest BCUT2D eigenvalue weighted by Gasteiger charge is -2.22. The fourth-order valence-electron chi connectivity index (χ4n) is 1.85. The highest BCUT2D eigenvalue weighted by Crippen LogP contribution is 2.34. The SMILES string of the molecule is CCN(CCO)c1ncnc(Sc2ccc(Cl)cc2)c1N. The number of aromatic nitrogens is 2. The van der Waals surface area contributed by atoms with Crippen molar-refractivity contribution in [2.75, 3.05) is 30.3 Å². The molecule has 0 fully saturated rings. The van der Waals surface area contributed by atoms with Crippen molar-refractivity contribution in [3.63, 3.8) is 0 Å². The van der Waals surface area contributed by atoms with Gasteiger partial charge in [-0.3, -0.25) is 0 Å². The summed E-state index contributed by atoms with van der Waals surface area (Å²) < 4.78 is 0. The predicted molar refractivity (Wildman–Crippen MR) is 87.0 cm³/mol. The van der Waals surface area contributed by atoms with Crippen LogP contribution < -0.4 is 10.6 Å². The van der Waals surface area contributed by atoms with Crippen LogP contribution in [0.1, 0.15) is 6.92 Å². The zero-order valence-electron chi connectivity index (χ0n) is 11.7. The van der Waals surface area contributed by atoms with E-state index in [4.69, 9.17) is 22.4 Å². The molecule has 112 valence electrons. The summed E-state index contributed by atoms with van der Waals surface area (Å²) in [6.45, 7) is 3.25. The monoisotopic (exact) mass is 324 g/mol. The van der Waals surface area contributed by atoms with E-state index in [1.807, 2.05) is 36.1 Å². The zero-order chi connectivity index (χ0) is 15.2. The highest BCUT2D eigenvalue weighted by molar-refractivity contribution is 7.99. The Morgan fingerprint density at radius 3 is 2.62 bits per heavy atom. The summed E-state index contributed by atoms with van der Waals surface area (Å²) in [6, 6.07) is 7.48. The Hall–Kier alpha value is -1.50. The van der Waals surface area contributed by atoms with Gasteiger partial charge in [0.15, 0.2) is 5.82 Å². The van der Waals surface area contributed by atoms with Crippen molar-refractivity contribution in [3.05, 3.63) is 35.6 Å². The minimum atomic E-state index is 0.0525. The van der Waals surface area contributed by atoms with E-state index in [1.165, 1.54) is 18.1 Å². The number of benzene rings is 1. The third-order valence-corrected chi connectivity index (χ3v) is 4.18. The summed E-state index contributed by atoms with van der Waals surface area (Å²) in [6.07, 6.45) is 1.49. The standard InChI is InChI=1S/C14H17ClN4OS/c1-2-19(7-8-20)13-12(16)14(18-9-17-13)21-11-5-3-10(15)4-6-11/h3-6,9,20H,2,7-8,16H2,1H3. The van der Waals surface area contributed by atoms with E-state index in [2.05, 4.69) is 9.97 Å². The number of hydrogen-bond acceptors (Lipinski definition) is 6. The second-order valence-corrected chi connectivity index (χ2v) is 5.77. The number of likely N-dealkylation sites (N-methyl/N-ethyl adjacent to an activating group) is 1. The molecule has 3 N–H and O–H groups in total. The molecule has 2 rings (SSSR count). The Labute approximate surface area is 133 Å². The Morgan fingerprint density at radius 1 is 1.29 bits per heavy atom. The van der Waals surface area contributed by atoms with Crippen molar-refractivity contribution in [1.29, 1.82) is 0 Å². The van der Waals surface area contributed by atoms with Gasteiger partial charge in [-0.1, -0.05) is 23.4 Å². The van der Waals surface area contributed by atoms with E-state index in [0.717, 1.165) is 4.90 Å². The van der Waals surface area contributed by atoms with E-state index in [9.17, 15) is 0 Å². The summed E-state index contributed by atoms with van der Waals surface area (Å²) in [5.41, 5.74) is 6.69. The van der Waals surface area contributed by atoms with Gasteiger partial charge in [-0.15, -0.1) is 0 Å². The molecule has 0 bridgehead atoms. The molecule has 0 amide bonds. The maximum atomic E-state index is 9.11. The third kappa shape index (κ3) is 4.00. The number of nitrogen functional groups attached to an aromatic ring is 1. The van der Waals surface area contributed by atoms with Crippen LogP contribution in [0.2, 0.25) is 5.02 Å². The third-order valence-electron chi connectivity index (χ3n) is 2.91. The first-order chi connectivity index (χ1) is 10.2. The van der Waals surface area contributed by atoms with Crippen LogP contribution in [0, 0.1) is 0 Å². The maximum Gasteiger partial charge on any atom is 0.156 e. The fourth-order valence-corrected chi connectivity index (χ4v) is 2.78. The van der Waals surface area contributed by atoms with Crippen molar-refractivity contribution >= 4 is 34.9 Å². The smallest absolute Gasteiger partial charge is 0.156 e. The Morgan fingerprint density at radius 2 is 2.00 bits per heavy atom. The van der Waals surface area contributed by atoms with Gasteiger partial charge in [0.2, 0.25) is 0 Å². The van der Waals surface area contributed by atoms with Crippen LogP contribution in [-0.2, 0) is 0 Å². The first kappa shape index (κ1) is 15.9. The summed E-state index contributed by atoms with van der Waals surface area (Å²) in [5, 5.41) is 10.5. The topological polar surface area (TPSA) is 75.3 Å². The fraction of sp³-hybridized carbons (Fsp3) is 0.286. The molecule has 21 heavy (non-hydrogen) atoms.